The van der Waals surface area contributed by atoms with E-state index in [-0.39, 0.29) is 5.54 Å². The van der Waals surface area contributed by atoms with Gasteiger partial charge < -0.3 is 15.4 Å². The van der Waals surface area contributed by atoms with Gasteiger partial charge in [0.25, 0.3) is 0 Å². The van der Waals surface area contributed by atoms with E-state index in [1.165, 1.54) is 19.6 Å². The third-order valence-electron chi connectivity index (χ3n) is 3.61. The third-order valence-corrected chi connectivity index (χ3v) is 3.61. The number of hydrogen-bond acceptors (Lipinski definition) is 4. The SMILES string of the molecule is CCN1CCN(C2(CN)COC2)CC1. The van der Waals surface area contributed by atoms with E-state index in [2.05, 4.69) is 16.7 Å². The number of likely N-dealkylation sites (N-methyl/N-ethyl adjacent to an activating group) is 1. The monoisotopic (exact) mass is 199 g/mol. The minimum absolute atomic E-state index is 0.180. The lowest BCUT2D eigenvalue weighted by Crippen LogP contribution is -2.69. The zero-order valence-corrected chi connectivity index (χ0v) is 9.04. The highest BCUT2D eigenvalue weighted by atomic mass is 16.5. The molecule has 0 aromatic rings. The summed E-state index contributed by atoms with van der Waals surface area (Å²) in [6.45, 7) is 10.4. The predicted molar refractivity (Wildman–Crippen MR) is 56.3 cm³/mol. The standard InChI is InChI=1S/C10H21N3O/c1-2-12-3-5-13(6-4-12)10(7-11)8-14-9-10/h2-9,11H2,1H3. The van der Waals surface area contributed by atoms with Crippen LogP contribution in [0.4, 0.5) is 0 Å². The second-order valence-electron chi connectivity index (χ2n) is 4.34. The van der Waals surface area contributed by atoms with Crippen LogP contribution in [-0.2, 0) is 4.74 Å². The van der Waals surface area contributed by atoms with Crippen LogP contribution in [0.1, 0.15) is 6.92 Å². The van der Waals surface area contributed by atoms with Crippen LogP contribution in [0.3, 0.4) is 0 Å². The molecule has 2 rings (SSSR count). The van der Waals surface area contributed by atoms with E-state index in [1.807, 2.05) is 0 Å². The van der Waals surface area contributed by atoms with Crippen molar-refractivity contribution in [2.75, 3.05) is 52.5 Å². The molecule has 0 atom stereocenters. The molecule has 4 nitrogen and oxygen atoms in total. The molecular formula is C10H21N3O. The Labute approximate surface area is 86.0 Å². The molecule has 0 bridgehead atoms. The van der Waals surface area contributed by atoms with Crippen LogP contribution in [0.2, 0.25) is 0 Å². The fourth-order valence-corrected chi connectivity index (χ4v) is 2.31. The number of rotatable bonds is 3. The van der Waals surface area contributed by atoms with E-state index in [4.69, 9.17) is 10.5 Å². The van der Waals surface area contributed by atoms with Gasteiger partial charge in [-0.2, -0.15) is 0 Å². The molecule has 14 heavy (non-hydrogen) atoms. The van der Waals surface area contributed by atoms with Crippen molar-refractivity contribution in [3.05, 3.63) is 0 Å². The maximum atomic E-state index is 5.83. The van der Waals surface area contributed by atoms with Gasteiger partial charge in [-0.3, -0.25) is 4.90 Å². The van der Waals surface area contributed by atoms with Gasteiger partial charge in [-0.15, -0.1) is 0 Å². The molecule has 2 heterocycles. The number of nitrogens with zero attached hydrogens (tertiary/aromatic N) is 2. The molecule has 2 aliphatic heterocycles. The summed E-state index contributed by atoms with van der Waals surface area (Å²) in [5.41, 5.74) is 6.01. The summed E-state index contributed by atoms with van der Waals surface area (Å²) in [5.74, 6) is 0. The van der Waals surface area contributed by atoms with E-state index in [1.54, 1.807) is 0 Å². The highest BCUT2D eigenvalue weighted by Gasteiger charge is 2.43. The Morgan fingerprint density at radius 3 is 2.21 bits per heavy atom. The molecule has 2 saturated heterocycles. The van der Waals surface area contributed by atoms with Crippen LogP contribution in [0.25, 0.3) is 0 Å². The van der Waals surface area contributed by atoms with Gasteiger partial charge in [-0.25, -0.2) is 0 Å². The molecule has 82 valence electrons. The lowest BCUT2D eigenvalue weighted by atomic mass is 9.94. The van der Waals surface area contributed by atoms with Gasteiger partial charge in [0.15, 0.2) is 0 Å². The molecule has 2 aliphatic rings. The highest BCUT2D eigenvalue weighted by molar-refractivity contribution is 4.99. The summed E-state index contributed by atoms with van der Waals surface area (Å²) in [7, 11) is 0. The first-order valence-corrected chi connectivity index (χ1v) is 5.56. The molecule has 0 aromatic carbocycles. The molecule has 0 saturated carbocycles. The largest absolute Gasteiger partial charge is 0.377 e. The molecule has 0 unspecified atom stereocenters. The second-order valence-corrected chi connectivity index (χ2v) is 4.34. The number of nitrogens with two attached hydrogens (primary N) is 1. The summed E-state index contributed by atoms with van der Waals surface area (Å²) >= 11 is 0. The van der Waals surface area contributed by atoms with Gasteiger partial charge in [0.1, 0.15) is 0 Å². The normalized spacial score (nSPS) is 28.7. The minimum Gasteiger partial charge on any atom is -0.377 e. The lowest BCUT2D eigenvalue weighted by molar-refractivity contribution is -0.144. The number of ether oxygens (including phenoxy) is 1. The molecule has 0 spiro atoms. The Bertz CT molecular complexity index is 180. The van der Waals surface area contributed by atoms with Gasteiger partial charge in [0.2, 0.25) is 0 Å². The topological polar surface area (TPSA) is 41.7 Å². The Hall–Kier alpha value is -0.160. The molecule has 0 aromatic heterocycles. The molecule has 2 fully saturated rings. The van der Waals surface area contributed by atoms with Gasteiger partial charge in [0, 0.05) is 32.7 Å². The zero-order valence-electron chi connectivity index (χ0n) is 9.04. The Morgan fingerprint density at radius 1 is 1.21 bits per heavy atom. The Balaban J connectivity index is 1.88. The minimum atomic E-state index is 0.180. The predicted octanol–water partition coefficient (Wildman–Crippen LogP) is -0.648. The maximum absolute atomic E-state index is 5.83. The van der Waals surface area contributed by atoms with Crippen LogP contribution in [0.15, 0.2) is 0 Å². The summed E-state index contributed by atoms with van der Waals surface area (Å²) < 4.78 is 5.30. The fraction of sp³-hybridized carbons (Fsp3) is 1.00. The average Bonchev–Trinajstić information content (AvgIpc) is 2.18. The quantitative estimate of drug-likeness (QED) is 0.656. The summed E-state index contributed by atoms with van der Waals surface area (Å²) in [6.07, 6.45) is 0. The van der Waals surface area contributed by atoms with Crippen LogP contribution < -0.4 is 5.73 Å². The number of hydrogen-bond donors (Lipinski definition) is 1. The zero-order chi connectivity index (χ0) is 10.0. The first kappa shape index (κ1) is 10.4. The molecule has 4 heteroatoms. The van der Waals surface area contributed by atoms with E-state index in [9.17, 15) is 0 Å². The smallest absolute Gasteiger partial charge is 0.0803 e. The Morgan fingerprint density at radius 2 is 1.86 bits per heavy atom. The summed E-state index contributed by atoms with van der Waals surface area (Å²) in [5, 5.41) is 0. The van der Waals surface area contributed by atoms with Crippen molar-refractivity contribution in [1.82, 2.24) is 9.80 Å². The van der Waals surface area contributed by atoms with E-state index in [0.29, 0.717) is 0 Å². The van der Waals surface area contributed by atoms with Gasteiger partial charge in [0.05, 0.1) is 18.8 Å². The van der Waals surface area contributed by atoms with E-state index < -0.39 is 0 Å². The lowest BCUT2D eigenvalue weighted by Gasteiger charge is -2.51. The van der Waals surface area contributed by atoms with E-state index in [0.717, 1.165) is 32.8 Å². The summed E-state index contributed by atoms with van der Waals surface area (Å²) in [6, 6.07) is 0. The van der Waals surface area contributed by atoms with Crippen LogP contribution in [0, 0.1) is 0 Å². The Kier molecular flexibility index (Phi) is 3.07. The van der Waals surface area contributed by atoms with Gasteiger partial charge >= 0.3 is 0 Å². The number of piperazine rings is 1. The molecule has 2 N–H and O–H groups in total. The molecule has 0 radical (unpaired) electrons. The van der Waals surface area contributed by atoms with Crippen LogP contribution >= 0.6 is 0 Å². The van der Waals surface area contributed by atoms with Crippen molar-refractivity contribution in [2.45, 2.75) is 12.5 Å². The van der Waals surface area contributed by atoms with Gasteiger partial charge in [-0.1, -0.05) is 6.92 Å². The van der Waals surface area contributed by atoms with Crippen molar-refractivity contribution >= 4 is 0 Å². The first-order chi connectivity index (χ1) is 6.80. The third kappa shape index (κ3) is 1.67. The van der Waals surface area contributed by atoms with Crippen molar-refractivity contribution in [3.63, 3.8) is 0 Å². The van der Waals surface area contributed by atoms with Crippen molar-refractivity contribution in [2.24, 2.45) is 5.73 Å². The fourth-order valence-electron chi connectivity index (χ4n) is 2.31. The average molecular weight is 199 g/mol. The first-order valence-electron chi connectivity index (χ1n) is 5.56. The second kappa shape index (κ2) is 4.14. The van der Waals surface area contributed by atoms with Crippen molar-refractivity contribution < 1.29 is 4.74 Å². The molecular weight excluding hydrogens is 178 g/mol. The van der Waals surface area contributed by atoms with Crippen LogP contribution in [-0.4, -0.2) is 67.8 Å². The van der Waals surface area contributed by atoms with Crippen molar-refractivity contribution in [1.29, 1.82) is 0 Å². The molecule has 0 aliphatic carbocycles. The van der Waals surface area contributed by atoms with Crippen molar-refractivity contribution in [3.8, 4) is 0 Å². The molecule has 0 amide bonds. The van der Waals surface area contributed by atoms with E-state index >= 15 is 0 Å². The maximum Gasteiger partial charge on any atom is 0.0803 e. The highest BCUT2D eigenvalue weighted by Crippen LogP contribution is 2.25. The van der Waals surface area contributed by atoms with Gasteiger partial charge in [-0.05, 0) is 6.54 Å². The summed E-state index contributed by atoms with van der Waals surface area (Å²) in [4.78, 5) is 5.00. The van der Waals surface area contributed by atoms with Crippen LogP contribution in [0.5, 0.6) is 0 Å².